The second-order valence-corrected chi connectivity index (χ2v) is 5.40. The first-order valence-electron chi connectivity index (χ1n) is 8.07. The molecule has 0 saturated heterocycles. The number of esters is 1. The van der Waals surface area contributed by atoms with Crippen LogP contribution in [-0.4, -0.2) is 60.8 Å². The second kappa shape index (κ2) is 9.22. The lowest BCUT2D eigenvalue weighted by Gasteiger charge is -2.33. The maximum absolute atomic E-state index is 12.3. The Morgan fingerprint density at radius 3 is 2.60 bits per heavy atom. The lowest BCUT2D eigenvalue weighted by atomic mass is 9.92. The average molecular weight is 350 g/mol. The highest BCUT2D eigenvalue weighted by molar-refractivity contribution is 5.76. The minimum atomic E-state index is -1.11. The van der Waals surface area contributed by atoms with Crippen LogP contribution in [0.4, 0.5) is 0 Å². The van der Waals surface area contributed by atoms with Gasteiger partial charge in [0.1, 0.15) is 0 Å². The monoisotopic (exact) mass is 350 g/mol. The van der Waals surface area contributed by atoms with Crippen LogP contribution in [0.15, 0.2) is 18.2 Å². The van der Waals surface area contributed by atoms with E-state index in [0.717, 1.165) is 0 Å². The molecule has 0 radical (unpaired) electrons. The van der Waals surface area contributed by atoms with E-state index < -0.39 is 17.9 Å². The van der Waals surface area contributed by atoms with Crippen molar-refractivity contribution in [1.82, 2.24) is 4.90 Å². The molecule has 1 aromatic rings. The van der Waals surface area contributed by atoms with E-state index >= 15 is 0 Å². The molecular weight excluding hydrogens is 328 g/mol. The minimum Gasteiger partial charge on any atom is -0.465 e. The van der Waals surface area contributed by atoms with E-state index in [2.05, 4.69) is 0 Å². The van der Waals surface area contributed by atoms with Gasteiger partial charge in [-0.3, -0.25) is 9.69 Å². The molecule has 0 spiro atoms. The Bertz CT molecular complexity index is 624. The number of benzene rings is 1. The maximum atomic E-state index is 12.3. The van der Waals surface area contributed by atoms with Crippen LogP contribution in [0.3, 0.4) is 0 Å². The Hall–Kier alpha value is -2.34. The zero-order chi connectivity index (χ0) is 18.2. The van der Waals surface area contributed by atoms with Crippen molar-refractivity contribution < 1.29 is 29.2 Å². The Kier molecular flexibility index (Phi) is 7.01. The van der Waals surface area contributed by atoms with Crippen molar-refractivity contribution in [3.05, 3.63) is 23.8 Å². The fraction of sp³-hybridized carbons (Fsp3) is 0.529. The van der Waals surface area contributed by atoms with Crippen LogP contribution >= 0.6 is 0 Å². The lowest BCUT2D eigenvalue weighted by Crippen LogP contribution is -2.40. The summed E-state index contributed by atoms with van der Waals surface area (Å²) in [5.41, 5.74) is 0.644. The van der Waals surface area contributed by atoms with Crippen molar-refractivity contribution in [2.24, 2.45) is 5.92 Å². The number of fused-ring (bicyclic) bond motifs is 1. The first kappa shape index (κ1) is 19.0. The Morgan fingerprint density at radius 1 is 1.32 bits per heavy atom. The molecule has 0 saturated carbocycles. The highest BCUT2D eigenvalue weighted by Gasteiger charge is 2.36. The van der Waals surface area contributed by atoms with Crippen molar-refractivity contribution in [2.45, 2.75) is 13.0 Å². The van der Waals surface area contributed by atoms with Crippen LogP contribution in [0, 0.1) is 17.2 Å². The number of ether oxygens (including phenoxy) is 3. The van der Waals surface area contributed by atoms with Crippen molar-refractivity contribution in [2.75, 3.05) is 39.7 Å². The van der Waals surface area contributed by atoms with Gasteiger partial charge in [-0.2, -0.15) is 5.26 Å². The standard InChI is InChI=1S/C17H22N2O6/c1-2-23-17(22)13(10-18)16(19(5-7-20)6-8-21)12-3-4-14-15(9-12)25-11-24-14/h3-4,9,13,16,20-21H,2,5-8,11H2,1H3/t13-,16+/m1/s1. The van der Waals surface area contributed by atoms with E-state index in [-0.39, 0.29) is 39.7 Å². The number of carbonyl (C=O) groups excluding carboxylic acids is 1. The van der Waals surface area contributed by atoms with Crippen LogP contribution in [0.5, 0.6) is 11.5 Å². The van der Waals surface area contributed by atoms with Crippen molar-refractivity contribution in [3.8, 4) is 17.6 Å². The summed E-state index contributed by atoms with van der Waals surface area (Å²) in [7, 11) is 0. The van der Waals surface area contributed by atoms with Gasteiger partial charge in [-0.15, -0.1) is 0 Å². The predicted molar refractivity (Wildman–Crippen MR) is 86.8 cm³/mol. The van der Waals surface area contributed by atoms with Crippen LogP contribution in [0.1, 0.15) is 18.5 Å². The smallest absolute Gasteiger partial charge is 0.325 e. The summed E-state index contributed by atoms with van der Waals surface area (Å²) in [5.74, 6) is -0.647. The van der Waals surface area contributed by atoms with E-state index in [1.54, 1.807) is 30.0 Å². The third-order valence-electron chi connectivity index (χ3n) is 3.90. The Labute approximate surface area is 146 Å². The van der Waals surface area contributed by atoms with Gasteiger partial charge in [-0.25, -0.2) is 0 Å². The summed E-state index contributed by atoms with van der Waals surface area (Å²) in [6.07, 6.45) is 0. The quantitative estimate of drug-likeness (QED) is 0.617. The van der Waals surface area contributed by atoms with E-state index in [4.69, 9.17) is 14.2 Å². The largest absolute Gasteiger partial charge is 0.465 e. The highest BCUT2D eigenvalue weighted by atomic mass is 16.7. The zero-order valence-electron chi connectivity index (χ0n) is 14.1. The van der Waals surface area contributed by atoms with Gasteiger partial charge in [0.2, 0.25) is 6.79 Å². The van der Waals surface area contributed by atoms with Gasteiger partial charge < -0.3 is 24.4 Å². The number of rotatable bonds is 9. The summed E-state index contributed by atoms with van der Waals surface area (Å²) in [5, 5.41) is 28.3. The molecule has 1 aromatic carbocycles. The first-order valence-corrected chi connectivity index (χ1v) is 8.07. The van der Waals surface area contributed by atoms with E-state index in [1.165, 1.54) is 0 Å². The fourth-order valence-corrected chi connectivity index (χ4v) is 2.84. The molecule has 8 nitrogen and oxygen atoms in total. The van der Waals surface area contributed by atoms with Gasteiger partial charge in [0.05, 0.1) is 31.9 Å². The van der Waals surface area contributed by atoms with E-state index in [0.29, 0.717) is 17.1 Å². The molecule has 0 unspecified atom stereocenters. The SMILES string of the molecule is CCOC(=O)[C@H](C#N)[C@H](c1ccc2c(c1)OCO2)N(CCO)CCO. The molecule has 136 valence electrons. The summed E-state index contributed by atoms with van der Waals surface area (Å²) >= 11 is 0. The van der Waals surface area contributed by atoms with Gasteiger partial charge in [-0.1, -0.05) is 6.07 Å². The normalized spacial score (nSPS) is 14.8. The molecule has 0 aliphatic carbocycles. The summed E-state index contributed by atoms with van der Waals surface area (Å²) in [4.78, 5) is 14.0. The third kappa shape index (κ3) is 4.39. The van der Waals surface area contributed by atoms with Crippen LogP contribution in [0.25, 0.3) is 0 Å². The van der Waals surface area contributed by atoms with Crippen molar-refractivity contribution in [3.63, 3.8) is 0 Å². The molecule has 1 heterocycles. The van der Waals surface area contributed by atoms with E-state index in [9.17, 15) is 20.3 Å². The molecule has 2 rings (SSSR count). The Balaban J connectivity index is 2.43. The van der Waals surface area contributed by atoms with E-state index in [1.807, 2.05) is 6.07 Å². The molecule has 2 N–H and O–H groups in total. The van der Waals surface area contributed by atoms with Crippen LogP contribution in [-0.2, 0) is 9.53 Å². The number of carbonyl (C=O) groups is 1. The molecule has 1 aliphatic rings. The minimum absolute atomic E-state index is 0.111. The fourth-order valence-electron chi connectivity index (χ4n) is 2.84. The molecule has 0 bridgehead atoms. The average Bonchev–Trinajstić information content (AvgIpc) is 3.07. The highest BCUT2D eigenvalue weighted by Crippen LogP contribution is 2.38. The molecule has 0 aromatic heterocycles. The van der Waals surface area contributed by atoms with Gasteiger partial charge >= 0.3 is 5.97 Å². The van der Waals surface area contributed by atoms with Crippen molar-refractivity contribution >= 4 is 5.97 Å². The number of hydrogen-bond acceptors (Lipinski definition) is 8. The van der Waals surface area contributed by atoms with Crippen LogP contribution in [0.2, 0.25) is 0 Å². The molecular formula is C17H22N2O6. The molecule has 2 atom stereocenters. The van der Waals surface area contributed by atoms with Gasteiger partial charge in [0.25, 0.3) is 0 Å². The Morgan fingerprint density at radius 2 is 2.00 bits per heavy atom. The number of hydrogen-bond donors (Lipinski definition) is 2. The zero-order valence-corrected chi connectivity index (χ0v) is 14.1. The molecule has 1 aliphatic heterocycles. The van der Waals surface area contributed by atoms with Gasteiger partial charge in [-0.05, 0) is 24.6 Å². The molecule has 0 amide bonds. The number of aliphatic hydroxyl groups excluding tert-OH is 2. The molecule has 0 fully saturated rings. The molecule has 25 heavy (non-hydrogen) atoms. The third-order valence-corrected chi connectivity index (χ3v) is 3.90. The number of nitriles is 1. The van der Waals surface area contributed by atoms with Gasteiger partial charge in [0.15, 0.2) is 17.4 Å². The lowest BCUT2D eigenvalue weighted by molar-refractivity contribution is -0.148. The maximum Gasteiger partial charge on any atom is 0.325 e. The predicted octanol–water partition coefficient (Wildman–Crippen LogP) is 0.446. The number of nitrogens with zero attached hydrogens (tertiary/aromatic N) is 2. The number of aliphatic hydroxyl groups is 2. The summed E-state index contributed by atoms with van der Waals surface area (Å²) in [6.45, 7) is 1.96. The summed E-state index contributed by atoms with van der Waals surface area (Å²) < 4.78 is 15.7. The second-order valence-electron chi connectivity index (χ2n) is 5.40. The van der Waals surface area contributed by atoms with Crippen molar-refractivity contribution in [1.29, 1.82) is 5.26 Å². The molecule has 8 heteroatoms. The topological polar surface area (TPSA) is 112 Å². The van der Waals surface area contributed by atoms with Crippen LogP contribution < -0.4 is 9.47 Å². The summed E-state index contributed by atoms with van der Waals surface area (Å²) in [6, 6.07) is 6.46. The van der Waals surface area contributed by atoms with Gasteiger partial charge in [0, 0.05) is 13.1 Å². The first-order chi connectivity index (χ1) is 12.2.